The molecule has 0 amide bonds. The third-order valence-corrected chi connectivity index (χ3v) is 3.83. The van der Waals surface area contributed by atoms with Crippen molar-refractivity contribution in [3.8, 4) is 0 Å². The molecule has 0 saturated carbocycles. The fourth-order valence-corrected chi connectivity index (χ4v) is 2.80. The minimum Gasteiger partial charge on any atom is -0.388 e. The van der Waals surface area contributed by atoms with Crippen LogP contribution in [0.25, 0.3) is 10.9 Å². The molecule has 1 unspecified atom stereocenters. The van der Waals surface area contributed by atoms with Gasteiger partial charge in [-0.25, -0.2) is 0 Å². The highest BCUT2D eigenvalue weighted by Crippen LogP contribution is 2.32. The minimum absolute atomic E-state index is 0.358. The zero-order valence-electron chi connectivity index (χ0n) is 10.3. The monoisotopic (exact) mass is 242 g/mol. The van der Waals surface area contributed by atoms with E-state index < -0.39 is 0 Å². The Kier molecular flexibility index (Phi) is 3.26. The van der Waals surface area contributed by atoms with Crippen molar-refractivity contribution in [1.29, 1.82) is 0 Å². The van der Waals surface area contributed by atoms with Crippen molar-refractivity contribution in [3.63, 3.8) is 0 Å². The maximum Gasteiger partial charge on any atom is 0.0825 e. The molecule has 1 aromatic heterocycles. The Balaban J connectivity index is 1.97. The largest absolute Gasteiger partial charge is 0.388 e. The Hall–Kier alpha value is -1.45. The normalized spacial score (nSPS) is 18.9. The predicted octanol–water partition coefficient (Wildman–Crippen LogP) is 2.27. The fourth-order valence-electron chi connectivity index (χ4n) is 2.80. The van der Waals surface area contributed by atoms with E-state index in [0.717, 1.165) is 42.4 Å². The Morgan fingerprint density at radius 3 is 2.83 bits per heavy atom. The van der Waals surface area contributed by atoms with E-state index in [1.165, 1.54) is 0 Å². The van der Waals surface area contributed by atoms with E-state index in [9.17, 15) is 5.11 Å². The van der Waals surface area contributed by atoms with Gasteiger partial charge >= 0.3 is 0 Å². The summed E-state index contributed by atoms with van der Waals surface area (Å²) >= 11 is 0. The number of pyridine rings is 1. The number of nitrogens with one attached hydrogen (secondary N) is 1. The topological polar surface area (TPSA) is 45.2 Å². The van der Waals surface area contributed by atoms with Gasteiger partial charge in [-0.3, -0.25) is 4.98 Å². The molecule has 2 heterocycles. The van der Waals surface area contributed by atoms with Crippen LogP contribution in [-0.4, -0.2) is 23.2 Å². The molecule has 3 heteroatoms. The maximum atomic E-state index is 10.6. The number of aliphatic hydroxyl groups excluding tert-OH is 1. The molecule has 1 atom stereocenters. The van der Waals surface area contributed by atoms with Crippen molar-refractivity contribution in [3.05, 3.63) is 42.1 Å². The average molecular weight is 242 g/mol. The summed E-state index contributed by atoms with van der Waals surface area (Å²) in [6.45, 7) is 2.01. The summed E-state index contributed by atoms with van der Waals surface area (Å²) < 4.78 is 0. The molecule has 1 aromatic carbocycles. The van der Waals surface area contributed by atoms with Crippen LogP contribution in [0.5, 0.6) is 0 Å². The molecule has 94 valence electrons. The van der Waals surface area contributed by atoms with Crippen LogP contribution in [0.1, 0.15) is 24.5 Å². The van der Waals surface area contributed by atoms with E-state index in [1.807, 2.05) is 30.3 Å². The summed E-state index contributed by atoms with van der Waals surface area (Å²) in [7, 11) is 0. The molecule has 18 heavy (non-hydrogen) atoms. The third-order valence-electron chi connectivity index (χ3n) is 3.83. The Morgan fingerprint density at radius 2 is 2.00 bits per heavy atom. The van der Waals surface area contributed by atoms with Gasteiger partial charge in [0.25, 0.3) is 0 Å². The number of fused-ring (bicyclic) bond motifs is 1. The van der Waals surface area contributed by atoms with Crippen molar-refractivity contribution < 1.29 is 5.11 Å². The van der Waals surface area contributed by atoms with Crippen molar-refractivity contribution in [2.75, 3.05) is 13.1 Å². The van der Waals surface area contributed by atoms with Crippen molar-refractivity contribution in [1.82, 2.24) is 10.3 Å². The van der Waals surface area contributed by atoms with Gasteiger partial charge in [-0.05, 0) is 49.5 Å². The van der Waals surface area contributed by atoms with Gasteiger partial charge in [0.1, 0.15) is 0 Å². The summed E-state index contributed by atoms with van der Waals surface area (Å²) in [4.78, 5) is 4.35. The summed E-state index contributed by atoms with van der Waals surface area (Å²) in [6.07, 6.45) is 3.50. The lowest BCUT2D eigenvalue weighted by molar-refractivity contribution is 0.0902. The molecule has 1 aliphatic heterocycles. The van der Waals surface area contributed by atoms with Crippen LogP contribution in [0.2, 0.25) is 0 Å². The summed E-state index contributed by atoms with van der Waals surface area (Å²) in [5.41, 5.74) is 1.98. The van der Waals surface area contributed by atoms with Gasteiger partial charge in [-0.15, -0.1) is 0 Å². The zero-order valence-corrected chi connectivity index (χ0v) is 10.3. The highest BCUT2D eigenvalue weighted by atomic mass is 16.3. The Bertz CT molecular complexity index is 530. The number of nitrogens with zero attached hydrogens (tertiary/aromatic N) is 1. The second kappa shape index (κ2) is 5.04. The highest BCUT2D eigenvalue weighted by Gasteiger charge is 2.24. The van der Waals surface area contributed by atoms with E-state index in [-0.39, 0.29) is 6.10 Å². The van der Waals surface area contributed by atoms with Crippen LogP contribution >= 0.6 is 0 Å². The second-order valence-electron chi connectivity index (χ2n) is 4.95. The lowest BCUT2D eigenvalue weighted by atomic mass is 9.87. The smallest absolute Gasteiger partial charge is 0.0825 e. The fraction of sp³-hybridized carbons (Fsp3) is 0.400. The standard InChI is InChI=1S/C15H18N2O/c18-15(11-6-9-16-10-7-11)13-3-1-5-14-12(13)4-2-8-17-14/h1-5,8,11,15-16,18H,6-7,9-10H2. The van der Waals surface area contributed by atoms with Crippen LogP contribution in [0.4, 0.5) is 0 Å². The van der Waals surface area contributed by atoms with E-state index in [2.05, 4.69) is 10.3 Å². The molecule has 1 aliphatic rings. The molecule has 0 radical (unpaired) electrons. The number of aliphatic hydroxyl groups is 1. The molecule has 0 aliphatic carbocycles. The number of aromatic nitrogens is 1. The van der Waals surface area contributed by atoms with Gasteiger partial charge in [0, 0.05) is 11.6 Å². The zero-order chi connectivity index (χ0) is 12.4. The molecular formula is C15H18N2O. The first-order valence-electron chi connectivity index (χ1n) is 6.58. The van der Waals surface area contributed by atoms with Gasteiger partial charge in [0.05, 0.1) is 11.6 Å². The first-order valence-corrected chi connectivity index (χ1v) is 6.58. The number of hydrogen-bond acceptors (Lipinski definition) is 3. The van der Waals surface area contributed by atoms with Crippen LogP contribution in [-0.2, 0) is 0 Å². The first kappa shape index (κ1) is 11.6. The Morgan fingerprint density at radius 1 is 1.17 bits per heavy atom. The summed E-state index contributed by atoms with van der Waals surface area (Å²) in [5.74, 6) is 0.358. The molecule has 1 fully saturated rings. The van der Waals surface area contributed by atoms with Gasteiger partial charge in [-0.1, -0.05) is 18.2 Å². The van der Waals surface area contributed by atoms with Gasteiger partial charge in [0.2, 0.25) is 0 Å². The van der Waals surface area contributed by atoms with Crippen molar-refractivity contribution in [2.45, 2.75) is 18.9 Å². The van der Waals surface area contributed by atoms with Crippen LogP contribution in [0, 0.1) is 5.92 Å². The Labute approximate surface area is 107 Å². The van der Waals surface area contributed by atoms with Crippen molar-refractivity contribution in [2.24, 2.45) is 5.92 Å². The second-order valence-corrected chi connectivity index (χ2v) is 4.95. The number of hydrogen-bond donors (Lipinski definition) is 2. The lowest BCUT2D eigenvalue weighted by Gasteiger charge is -2.28. The maximum absolute atomic E-state index is 10.6. The SMILES string of the molecule is OC(c1cccc2ncccc12)C1CCNCC1. The number of rotatable bonds is 2. The van der Waals surface area contributed by atoms with E-state index in [1.54, 1.807) is 6.20 Å². The average Bonchev–Trinajstić information content (AvgIpc) is 2.47. The summed E-state index contributed by atoms with van der Waals surface area (Å²) in [5, 5.41) is 15.0. The van der Waals surface area contributed by atoms with Gasteiger partial charge in [-0.2, -0.15) is 0 Å². The predicted molar refractivity (Wildman–Crippen MR) is 72.3 cm³/mol. The van der Waals surface area contributed by atoms with Crippen molar-refractivity contribution >= 4 is 10.9 Å². The minimum atomic E-state index is -0.375. The summed E-state index contributed by atoms with van der Waals surface area (Å²) in [6, 6.07) is 9.97. The molecular weight excluding hydrogens is 224 g/mol. The highest BCUT2D eigenvalue weighted by molar-refractivity contribution is 5.82. The molecule has 2 N–H and O–H groups in total. The molecule has 1 saturated heterocycles. The lowest BCUT2D eigenvalue weighted by Crippen LogP contribution is -2.30. The molecule has 0 spiro atoms. The van der Waals surface area contributed by atoms with Gasteiger partial charge < -0.3 is 10.4 Å². The van der Waals surface area contributed by atoms with Crippen LogP contribution in [0.15, 0.2) is 36.5 Å². The number of piperidine rings is 1. The van der Waals surface area contributed by atoms with E-state index in [0.29, 0.717) is 5.92 Å². The van der Waals surface area contributed by atoms with E-state index >= 15 is 0 Å². The molecule has 3 rings (SSSR count). The number of benzene rings is 1. The first-order chi connectivity index (χ1) is 8.86. The van der Waals surface area contributed by atoms with E-state index in [4.69, 9.17) is 0 Å². The quantitative estimate of drug-likeness (QED) is 0.849. The third kappa shape index (κ3) is 2.11. The van der Waals surface area contributed by atoms with Crippen LogP contribution in [0.3, 0.4) is 0 Å². The van der Waals surface area contributed by atoms with Crippen LogP contribution < -0.4 is 5.32 Å². The molecule has 2 aromatic rings. The van der Waals surface area contributed by atoms with Gasteiger partial charge in [0.15, 0.2) is 0 Å². The molecule has 3 nitrogen and oxygen atoms in total. The molecule has 0 bridgehead atoms.